The second-order valence-corrected chi connectivity index (χ2v) is 10.1. The summed E-state index contributed by atoms with van der Waals surface area (Å²) in [6.45, 7) is 5.83. The summed E-state index contributed by atoms with van der Waals surface area (Å²) in [4.78, 5) is 43.4. The maximum Gasteiger partial charge on any atom is 0.274 e. The van der Waals surface area contributed by atoms with E-state index in [0.717, 1.165) is 40.9 Å². The highest BCUT2D eigenvalue weighted by molar-refractivity contribution is 5.97. The summed E-state index contributed by atoms with van der Waals surface area (Å²) in [6.07, 6.45) is 2.14. The number of rotatable bonds is 4. The van der Waals surface area contributed by atoms with Crippen LogP contribution >= 0.6 is 0 Å². The zero-order valence-corrected chi connectivity index (χ0v) is 21.7. The lowest BCUT2D eigenvalue weighted by molar-refractivity contribution is -0.121. The van der Waals surface area contributed by atoms with Crippen LogP contribution in [0.3, 0.4) is 0 Å². The van der Waals surface area contributed by atoms with E-state index in [4.69, 9.17) is 0 Å². The molecule has 1 fully saturated rings. The largest absolute Gasteiger partial charge is 0.336 e. The highest BCUT2D eigenvalue weighted by Crippen LogP contribution is 2.27. The zero-order chi connectivity index (χ0) is 26.1. The molecule has 0 spiro atoms. The van der Waals surface area contributed by atoms with Crippen LogP contribution in [0.1, 0.15) is 56.1 Å². The van der Waals surface area contributed by atoms with Gasteiger partial charge >= 0.3 is 0 Å². The number of fused-ring (bicyclic) bond motifs is 1. The van der Waals surface area contributed by atoms with Crippen molar-refractivity contribution in [2.75, 3.05) is 25.0 Å². The van der Waals surface area contributed by atoms with Gasteiger partial charge in [-0.05, 0) is 50.5 Å². The average Bonchev–Trinajstić information content (AvgIpc) is 3.25. The van der Waals surface area contributed by atoms with Crippen LogP contribution in [0.15, 0.2) is 48.5 Å². The number of piperidine rings is 1. The van der Waals surface area contributed by atoms with Gasteiger partial charge in [0.1, 0.15) is 0 Å². The number of aryl methyl sites for hydroxylation is 3. The molecule has 0 bridgehead atoms. The monoisotopic (exact) mass is 499 g/mol. The van der Waals surface area contributed by atoms with Crippen molar-refractivity contribution in [3.05, 3.63) is 82.2 Å². The molecule has 8 nitrogen and oxygen atoms in total. The Labute approximate surface area is 217 Å². The van der Waals surface area contributed by atoms with E-state index in [1.165, 1.54) is 0 Å². The van der Waals surface area contributed by atoms with E-state index in [9.17, 15) is 14.4 Å². The molecule has 1 N–H and O–H groups in total. The molecule has 192 valence electrons. The minimum Gasteiger partial charge on any atom is -0.336 e. The number of benzene rings is 2. The summed E-state index contributed by atoms with van der Waals surface area (Å²) in [5.74, 6) is -0.560. The summed E-state index contributed by atoms with van der Waals surface area (Å²) < 4.78 is 1.77. The van der Waals surface area contributed by atoms with Crippen LogP contribution in [0.25, 0.3) is 0 Å². The van der Waals surface area contributed by atoms with Crippen LogP contribution in [0.4, 0.5) is 5.69 Å². The number of anilines is 1. The lowest BCUT2D eigenvalue weighted by atomic mass is 9.96. The van der Waals surface area contributed by atoms with Crippen LogP contribution in [-0.2, 0) is 24.8 Å². The Morgan fingerprint density at radius 1 is 0.946 bits per heavy atom. The fourth-order valence-electron chi connectivity index (χ4n) is 5.29. The SMILES string of the molecule is Cc1ccc(C(=O)N2CCc3c(c(C(=O)N4CCC[C@@H](C(=O)Nc5ccccc5C)C4)nn3C)C2)cc1. The van der Waals surface area contributed by atoms with Crippen LogP contribution in [-0.4, -0.2) is 56.9 Å². The summed E-state index contributed by atoms with van der Waals surface area (Å²) in [5.41, 5.74) is 5.73. The topological polar surface area (TPSA) is 87.5 Å². The summed E-state index contributed by atoms with van der Waals surface area (Å²) in [7, 11) is 1.85. The number of hydrogen-bond donors (Lipinski definition) is 1. The van der Waals surface area contributed by atoms with Gasteiger partial charge in [0.25, 0.3) is 11.8 Å². The molecule has 1 atom stereocenters. The number of carbonyl (C=O) groups excluding carboxylic acids is 3. The predicted molar refractivity (Wildman–Crippen MR) is 141 cm³/mol. The van der Waals surface area contributed by atoms with Crippen molar-refractivity contribution in [1.29, 1.82) is 0 Å². The molecule has 2 aromatic carbocycles. The van der Waals surface area contributed by atoms with Gasteiger partial charge in [-0.3, -0.25) is 19.1 Å². The van der Waals surface area contributed by atoms with Crippen LogP contribution in [0.2, 0.25) is 0 Å². The summed E-state index contributed by atoms with van der Waals surface area (Å²) >= 11 is 0. The fourth-order valence-corrected chi connectivity index (χ4v) is 5.29. The lowest BCUT2D eigenvalue weighted by Gasteiger charge is -2.32. The first-order valence-electron chi connectivity index (χ1n) is 12.9. The van der Waals surface area contributed by atoms with Crippen LogP contribution in [0, 0.1) is 19.8 Å². The van der Waals surface area contributed by atoms with Gasteiger partial charge in [-0.25, -0.2) is 0 Å². The number of para-hydroxylation sites is 1. The Balaban J connectivity index is 1.31. The van der Waals surface area contributed by atoms with Crippen LogP contribution < -0.4 is 5.32 Å². The van der Waals surface area contributed by atoms with E-state index in [-0.39, 0.29) is 23.6 Å². The maximum absolute atomic E-state index is 13.7. The molecule has 3 aromatic rings. The van der Waals surface area contributed by atoms with Crippen molar-refractivity contribution in [2.45, 2.75) is 39.7 Å². The molecule has 0 saturated carbocycles. The predicted octanol–water partition coefficient (Wildman–Crippen LogP) is 3.73. The third-order valence-corrected chi connectivity index (χ3v) is 7.51. The Kier molecular flexibility index (Phi) is 6.82. The molecule has 3 heterocycles. The van der Waals surface area contributed by atoms with Gasteiger partial charge in [0.05, 0.1) is 12.5 Å². The van der Waals surface area contributed by atoms with E-state index in [2.05, 4.69) is 10.4 Å². The molecule has 8 heteroatoms. The van der Waals surface area contributed by atoms with Crippen molar-refractivity contribution in [1.82, 2.24) is 19.6 Å². The summed E-state index contributed by atoms with van der Waals surface area (Å²) in [6, 6.07) is 15.3. The fraction of sp³-hybridized carbons (Fsp3) is 0.379. The minimum absolute atomic E-state index is 0.0428. The molecule has 0 unspecified atom stereocenters. The molecule has 1 saturated heterocycles. The van der Waals surface area contributed by atoms with Crippen molar-refractivity contribution in [2.24, 2.45) is 13.0 Å². The standard InChI is InChI=1S/C29H33N5O3/c1-19-10-12-21(13-11-19)28(36)34-16-14-25-23(18-34)26(31-32(25)3)29(37)33-15-6-8-22(17-33)27(35)30-24-9-5-4-7-20(24)2/h4-5,7,9-13,22H,6,8,14-18H2,1-3H3,(H,30,35)/t22-/m1/s1. The average molecular weight is 500 g/mol. The van der Waals surface area contributed by atoms with E-state index in [1.807, 2.05) is 69.4 Å². The number of nitrogens with zero attached hydrogens (tertiary/aromatic N) is 4. The zero-order valence-electron chi connectivity index (χ0n) is 21.7. The van der Waals surface area contributed by atoms with Gasteiger partial charge in [-0.15, -0.1) is 0 Å². The van der Waals surface area contributed by atoms with Gasteiger partial charge in [0.15, 0.2) is 5.69 Å². The first kappa shape index (κ1) is 24.7. The Bertz CT molecular complexity index is 1340. The van der Waals surface area contributed by atoms with E-state index in [1.54, 1.807) is 14.5 Å². The van der Waals surface area contributed by atoms with Gasteiger partial charge < -0.3 is 15.1 Å². The smallest absolute Gasteiger partial charge is 0.274 e. The van der Waals surface area contributed by atoms with Crippen molar-refractivity contribution in [3.8, 4) is 0 Å². The Morgan fingerprint density at radius 3 is 2.46 bits per heavy atom. The summed E-state index contributed by atoms with van der Waals surface area (Å²) in [5, 5.41) is 7.61. The second kappa shape index (κ2) is 10.2. The van der Waals surface area contributed by atoms with Gasteiger partial charge in [-0.1, -0.05) is 35.9 Å². The maximum atomic E-state index is 13.7. The van der Waals surface area contributed by atoms with Gasteiger partial charge in [0.2, 0.25) is 5.91 Å². The van der Waals surface area contributed by atoms with E-state index >= 15 is 0 Å². The lowest BCUT2D eigenvalue weighted by Crippen LogP contribution is -2.44. The van der Waals surface area contributed by atoms with Crippen molar-refractivity contribution >= 4 is 23.4 Å². The van der Waals surface area contributed by atoms with Gasteiger partial charge in [0, 0.05) is 55.6 Å². The minimum atomic E-state index is -0.281. The number of amides is 3. The van der Waals surface area contributed by atoms with Gasteiger partial charge in [-0.2, -0.15) is 5.10 Å². The molecular weight excluding hydrogens is 466 g/mol. The quantitative estimate of drug-likeness (QED) is 0.593. The number of nitrogens with one attached hydrogen (secondary N) is 1. The van der Waals surface area contributed by atoms with E-state index < -0.39 is 0 Å². The Hall–Kier alpha value is -3.94. The molecule has 37 heavy (non-hydrogen) atoms. The molecule has 1 aromatic heterocycles. The molecule has 0 aliphatic carbocycles. The number of aromatic nitrogens is 2. The molecule has 0 radical (unpaired) electrons. The normalized spacial score (nSPS) is 17.3. The molecular formula is C29H33N5O3. The third kappa shape index (κ3) is 5.01. The van der Waals surface area contributed by atoms with Crippen LogP contribution in [0.5, 0.6) is 0 Å². The van der Waals surface area contributed by atoms with Crippen molar-refractivity contribution < 1.29 is 14.4 Å². The number of carbonyl (C=O) groups is 3. The molecule has 2 aliphatic heterocycles. The highest BCUT2D eigenvalue weighted by Gasteiger charge is 2.34. The second-order valence-electron chi connectivity index (χ2n) is 10.1. The molecule has 5 rings (SSSR count). The first-order chi connectivity index (χ1) is 17.8. The number of hydrogen-bond acceptors (Lipinski definition) is 4. The van der Waals surface area contributed by atoms with E-state index in [0.29, 0.717) is 43.9 Å². The third-order valence-electron chi connectivity index (χ3n) is 7.51. The molecule has 2 aliphatic rings. The molecule has 3 amide bonds. The Morgan fingerprint density at radius 2 is 1.70 bits per heavy atom. The highest BCUT2D eigenvalue weighted by atomic mass is 16.2. The number of likely N-dealkylation sites (tertiary alicyclic amines) is 1. The van der Waals surface area contributed by atoms with Crippen molar-refractivity contribution in [3.63, 3.8) is 0 Å². The first-order valence-corrected chi connectivity index (χ1v) is 12.9.